The van der Waals surface area contributed by atoms with E-state index in [0.717, 1.165) is 11.1 Å². The molecule has 0 saturated carbocycles. The largest absolute Gasteiger partial charge is 0.390 e. The number of aliphatic hydroxyl groups is 1. The van der Waals surface area contributed by atoms with Gasteiger partial charge in [0.05, 0.1) is 30.8 Å². The van der Waals surface area contributed by atoms with Gasteiger partial charge in [-0.2, -0.15) is 0 Å². The average molecular weight is 320 g/mol. The predicted octanol–water partition coefficient (Wildman–Crippen LogP) is 2.18. The number of rotatable bonds is 8. The highest BCUT2D eigenvalue weighted by atomic mass is 32.2. The molecule has 0 bridgehead atoms. The fourth-order valence-corrected chi connectivity index (χ4v) is 3.62. The Morgan fingerprint density at radius 3 is 2.05 bits per heavy atom. The summed E-state index contributed by atoms with van der Waals surface area (Å²) in [6, 6.07) is 18.5. The summed E-state index contributed by atoms with van der Waals surface area (Å²) in [5, 5.41) is 9.84. The summed E-state index contributed by atoms with van der Waals surface area (Å²) in [5.74, 6) is -0.361. The summed E-state index contributed by atoms with van der Waals surface area (Å²) in [5.41, 5.74) is 1.71. The molecule has 0 aliphatic rings. The van der Waals surface area contributed by atoms with Gasteiger partial charge in [0.2, 0.25) is 0 Å². The van der Waals surface area contributed by atoms with Gasteiger partial charge in [0.1, 0.15) is 0 Å². The van der Waals surface area contributed by atoms with E-state index in [1.54, 1.807) is 24.3 Å². The highest BCUT2D eigenvalue weighted by Crippen LogP contribution is 2.08. The molecule has 118 valence electrons. The summed E-state index contributed by atoms with van der Waals surface area (Å²) in [4.78, 5) is 0. The third-order valence-electron chi connectivity index (χ3n) is 3.10. The number of sulfone groups is 1. The highest BCUT2D eigenvalue weighted by molar-refractivity contribution is 7.90. The molecular weight excluding hydrogens is 300 g/mol. The zero-order valence-electron chi connectivity index (χ0n) is 12.3. The first-order valence-corrected chi connectivity index (χ1v) is 8.91. The van der Waals surface area contributed by atoms with E-state index < -0.39 is 15.9 Å². The number of hydrogen-bond acceptors (Lipinski definition) is 4. The smallest absolute Gasteiger partial charge is 0.157 e. The molecule has 0 aromatic heterocycles. The maximum Gasteiger partial charge on any atom is 0.157 e. The molecule has 2 aromatic carbocycles. The maximum atomic E-state index is 12.0. The lowest BCUT2D eigenvalue weighted by atomic mass is 10.2. The molecular formula is C17H20O4S. The molecule has 0 radical (unpaired) electrons. The molecule has 0 fully saturated rings. The van der Waals surface area contributed by atoms with Gasteiger partial charge in [-0.1, -0.05) is 60.7 Å². The van der Waals surface area contributed by atoms with Gasteiger partial charge >= 0.3 is 0 Å². The summed E-state index contributed by atoms with van der Waals surface area (Å²) in [6.45, 7) is 0.361. The van der Waals surface area contributed by atoms with Crippen LogP contribution in [0.2, 0.25) is 0 Å². The van der Waals surface area contributed by atoms with Crippen LogP contribution in [-0.4, -0.2) is 32.0 Å². The summed E-state index contributed by atoms with van der Waals surface area (Å²) in [7, 11) is -3.36. The molecule has 22 heavy (non-hydrogen) atoms. The first kappa shape index (κ1) is 16.7. The standard InChI is InChI=1S/C17H20O4S/c18-17(12-21-11-15-7-3-1-4-8-15)14-22(19,20)13-16-9-5-2-6-10-16/h1-10,17-18H,11-14H2/t17-/m0/s1. The molecule has 0 unspecified atom stereocenters. The second-order valence-corrected chi connectivity index (χ2v) is 7.30. The molecule has 1 N–H and O–H groups in total. The van der Waals surface area contributed by atoms with E-state index in [2.05, 4.69) is 0 Å². The minimum absolute atomic E-state index is 0.00289. The molecule has 0 amide bonds. The molecule has 4 nitrogen and oxygen atoms in total. The van der Waals surface area contributed by atoms with Crippen LogP contribution >= 0.6 is 0 Å². The van der Waals surface area contributed by atoms with Crippen molar-refractivity contribution in [3.63, 3.8) is 0 Å². The van der Waals surface area contributed by atoms with Crippen LogP contribution in [0.25, 0.3) is 0 Å². The lowest BCUT2D eigenvalue weighted by Gasteiger charge is -2.12. The van der Waals surface area contributed by atoms with Crippen molar-refractivity contribution < 1.29 is 18.3 Å². The topological polar surface area (TPSA) is 63.6 Å². The normalized spacial score (nSPS) is 13.0. The number of benzene rings is 2. The van der Waals surface area contributed by atoms with E-state index in [0.29, 0.717) is 6.61 Å². The first-order chi connectivity index (χ1) is 10.6. The van der Waals surface area contributed by atoms with Gasteiger partial charge in [0.15, 0.2) is 9.84 Å². The predicted molar refractivity (Wildman–Crippen MR) is 86.0 cm³/mol. The minimum atomic E-state index is -3.36. The lowest BCUT2D eigenvalue weighted by Crippen LogP contribution is -2.26. The van der Waals surface area contributed by atoms with Crippen molar-refractivity contribution in [2.24, 2.45) is 0 Å². The summed E-state index contributed by atoms with van der Waals surface area (Å²) >= 11 is 0. The molecule has 0 spiro atoms. The monoisotopic (exact) mass is 320 g/mol. The number of ether oxygens (including phenoxy) is 1. The van der Waals surface area contributed by atoms with E-state index in [-0.39, 0.29) is 18.1 Å². The zero-order valence-corrected chi connectivity index (χ0v) is 13.1. The summed E-state index contributed by atoms with van der Waals surface area (Å²) < 4.78 is 29.4. The van der Waals surface area contributed by atoms with Gasteiger partial charge in [0.25, 0.3) is 0 Å². The second kappa shape index (κ2) is 8.08. The molecule has 1 atom stereocenters. The van der Waals surface area contributed by atoms with Gasteiger partial charge in [0, 0.05) is 0 Å². The molecule has 5 heteroatoms. The molecule has 0 aliphatic heterocycles. The number of aliphatic hydroxyl groups excluding tert-OH is 1. The molecule has 0 saturated heterocycles. The van der Waals surface area contributed by atoms with Gasteiger partial charge in [-0.3, -0.25) is 0 Å². The van der Waals surface area contributed by atoms with Gasteiger partial charge in [-0.25, -0.2) is 8.42 Å². The SMILES string of the molecule is O=S(=O)(Cc1ccccc1)C[C@@H](O)COCc1ccccc1. The lowest BCUT2D eigenvalue weighted by molar-refractivity contribution is 0.0390. The fourth-order valence-electron chi connectivity index (χ4n) is 2.12. The van der Waals surface area contributed by atoms with Crippen molar-refractivity contribution in [3.8, 4) is 0 Å². The van der Waals surface area contributed by atoms with Crippen LogP contribution in [0.3, 0.4) is 0 Å². The second-order valence-electron chi connectivity index (χ2n) is 5.19. The van der Waals surface area contributed by atoms with E-state index in [1.165, 1.54) is 0 Å². The van der Waals surface area contributed by atoms with Gasteiger partial charge < -0.3 is 9.84 Å². The summed E-state index contributed by atoms with van der Waals surface area (Å²) in [6.07, 6.45) is -1.02. The Hall–Kier alpha value is -1.69. The van der Waals surface area contributed by atoms with E-state index in [9.17, 15) is 13.5 Å². The Balaban J connectivity index is 1.77. The highest BCUT2D eigenvalue weighted by Gasteiger charge is 2.18. The Morgan fingerprint density at radius 1 is 0.909 bits per heavy atom. The van der Waals surface area contributed by atoms with Crippen LogP contribution in [0.15, 0.2) is 60.7 Å². The van der Waals surface area contributed by atoms with E-state index in [1.807, 2.05) is 36.4 Å². The van der Waals surface area contributed by atoms with E-state index >= 15 is 0 Å². The average Bonchev–Trinajstić information content (AvgIpc) is 2.48. The van der Waals surface area contributed by atoms with Crippen molar-refractivity contribution in [1.82, 2.24) is 0 Å². The van der Waals surface area contributed by atoms with Crippen LogP contribution in [-0.2, 0) is 26.9 Å². The Bertz CT molecular complexity index is 654. The van der Waals surface area contributed by atoms with Crippen molar-refractivity contribution in [1.29, 1.82) is 0 Å². The van der Waals surface area contributed by atoms with Gasteiger partial charge in [-0.15, -0.1) is 0 Å². The minimum Gasteiger partial charge on any atom is -0.390 e. The van der Waals surface area contributed by atoms with Crippen LogP contribution in [0.5, 0.6) is 0 Å². The third kappa shape index (κ3) is 5.97. The maximum absolute atomic E-state index is 12.0. The zero-order chi connectivity index (χ0) is 15.8. The van der Waals surface area contributed by atoms with Crippen molar-refractivity contribution >= 4 is 9.84 Å². The quantitative estimate of drug-likeness (QED) is 0.810. The van der Waals surface area contributed by atoms with Crippen LogP contribution < -0.4 is 0 Å². The van der Waals surface area contributed by atoms with Crippen LogP contribution in [0.4, 0.5) is 0 Å². The third-order valence-corrected chi connectivity index (χ3v) is 4.76. The van der Waals surface area contributed by atoms with Crippen molar-refractivity contribution in [3.05, 3.63) is 71.8 Å². The Morgan fingerprint density at radius 2 is 1.45 bits per heavy atom. The van der Waals surface area contributed by atoms with Crippen molar-refractivity contribution in [2.75, 3.05) is 12.4 Å². The Labute approximate surface area is 131 Å². The Kier molecular flexibility index (Phi) is 6.12. The fraction of sp³-hybridized carbons (Fsp3) is 0.294. The molecule has 0 heterocycles. The van der Waals surface area contributed by atoms with Gasteiger partial charge in [-0.05, 0) is 11.1 Å². The number of hydrogen-bond donors (Lipinski definition) is 1. The van der Waals surface area contributed by atoms with E-state index in [4.69, 9.17) is 4.74 Å². The van der Waals surface area contributed by atoms with Crippen LogP contribution in [0, 0.1) is 0 Å². The first-order valence-electron chi connectivity index (χ1n) is 7.09. The molecule has 0 aliphatic carbocycles. The molecule has 2 aromatic rings. The molecule has 2 rings (SSSR count). The van der Waals surface area contributed by atoms with Crippen molar-refractivity contribution in [2.45, 2.75) is 18.5 Å². The van der Waals surface area contributed by atoms with Crippen LogP contribution in [0.1, 0.15) is 11.1 Å².